The zero-order valence-corrected chi connectivity index (χ0v) is 12.2. The Kier molecular flexibility index (Phi) is 4.33. The number of rotatable bonds is 4. The number of carbonyl (C=O) groups is 2. The van der Waals surface area contributed by atoms with Gasteiger partial charge < -0.3 is 14.9 Å². The number of hydrogen-bond acceptors (Lipinski definition) is 7. The van der Waals surface area contributed by atoms with Gasteiger partial charge in [0.15, 0.2) is 29.6 Å². The van der Waals surface area contributed by atoms with Crippen molar-refractivity contribution >= 4 is 11.6 Å². The Balaban J connectivity index is 2.53. The second kappa shape index (κ2) is 5.80. The molecule has 5 atom stereocenters. The van der Waals surface area contributed by atoms with Crippen LogP contribution in [0.1, 0.15) is 20.1 Å². The number of ether oxygens (including phenoxy) is 1. The van der Waals surface area contributed by atoms with Crippen molar-refractivity contribution in [3.8, 4) is 0 Å². The van der Waals surface area contributed by atoms with E-state index in [1.165, 1.54) is 0 Å². The van der Waals surface area contributed by atoms with Crippen LogP contribution in [-0.4, -0.2) is 55.3 Å². The zero-order valence-electron chi connectivity index (χ0n) is 12.2. The molecule has 1 fully saturated rings. The number of aromatic amines is 1. The highest BCUT2D eigenvalue weighted by atomic mass is 19.1. The van der Waals surface area contributed by atoms with Crippen LogP contribution in [0, 0.1) is 0 Å². The molecule has 23 heavy (non-hydrogen) atoms. The number of alkyl halides is 1. The molecule has 0 bridgehead atoms. The number of H-pyrrole nitrogens is 1. The van der Waals surface area contributed by atoms with Crippen molar-refractivity contribution < 1.29 is 28.9 Å². The van der Waals surface area contributed by atoms with Crippen molar-refractivity contribution in [1.29, 1.82) is 0 Å². The summed E-state index contributed by atoms with van der Waals surface area (Å²) in [7, 11) is 0. The number of nitrogens with zero attached hydrogens (tertiary/aromatic N) is 1. The Morgan fingerprint density at radius 3 is 2.52 bits per heavy atom. The fourth-order valence-corrected chi connectivity index (χ4v) is 2.45. The van der Waals surface area contributed by atoms with E-state index in [-0.39, 0.29) is 0 Å². The summed E-state index contributed by atoms with van der Waals surface area (Å²) < 4.78 is 20.4. The van der Waals surface area contributed by atoms with Crippen LogP contribution in [-0.2, 0) is 14.3 Å². The van der Waals surface area contributed by atoms with E-state index >= 15 is 0 Å². The van der Waals surface area contributed by atoms with Crippen LogP contribution in [0.15, 0.2) is 21.9 Å². The van der Waals surface area contributed by atoms with E-state index in [0.717, 1.165) is 26.1 Å². The predicted molar refractivity (Wildman–Crippen MR) is 72.4 cm³/mol. The Hall–Kier alpha value is -2.17. The van der Waals surface area contributed by atoms with Crippen molar-refractivity contribution in [3.05, 3.63) is 33.1 Å². The van der Waals surface area contributed by atoms with Crippen LogP contribution < -0.4 is 11.2 Å². The lowest BCUT2D eigenvalue weighted by molar-refractivity contribution is -0.160. The average Bonchev–Trinajstić information content (AvgIpc) is 2.72. The normalized spacial score (nSPS) is 31.8. The molecule has 1 aliphatic heterocycles. The van der Waals surface area contributed by atoms with Gasteiger partial charge in [-0.1, -0.05) is 0 Å². The van der Waals surface area contributed by atoms with Gasteiger partial charge in [0, 0.05) is 12.3 Å². The fourth-order valence-electron chi connectivity index (χ4n) is 2.45. The highest BCUT2D eigenvalue weighted by Gasteiger charge is 2.63. The second-order valence-corrected chi connectivity index (χ2v) is 5.30. The topological polar surface area (TPSA) is 139 Å². The van der Waals surface area contributed by atoms with Gasteiger partial charge in [-0.2, -0.15) is 0 Å². The van der Waals surface area contributed by atoms with Gasteiger partial charge in [0.1, 0.15) is 12.2 Å². The first-order valence-corrected chi connectivity index (χ1v) is 6.63. The van der Waals surface area contributed by atoms with Gasteiger partial charge in [-0.05, 0) is 13.8 Å². The van der Waals surface area contributed by atoms with E-state index in [1.54, 1.807) is 0 Å². The van der Waals surface area contributed by atoms with E-state index < -0.39 is 53.0 Å². The third kappa shape index (κ3) is 2.64. The molecule has 0 saturated carbocycles. The molecule has 2 rings (SSSR count). The van der Waals surface area contributed by atoms with Crippen molar-refractivity contribution in [2.45, 2.75) is 44.1 Å². The molecule has 1 saturated heterocycles. The van der Waals surface area contributed by atoms with Crippen LogP contribution >= 0.6 is 0 Å². The number of carbonyl (C=O) groups excluding carboxylic acids is 2. The van der Waals surface area contributed by atoms with Crippen LogP contribution in [0.3, 0.4) is 0 Å². The first kappa shape index (κ1) is 17.2. The molecule has 0 aromatic carbocycles. The number of Topliss-reactive ketones (excluding diaryl/α,β-unsaturated/α-hetero) is 2. The van der Waals surface area contributed by atoms with Crippen LogP contribution in [0.4, 0.5) is 4.39 Å². The van der Waals surface area contributed by atoms with Gasteiger partial charge in [-0.3, -0.25) is 23.9 Å². The highest BCUT2D eigenvalue weighted by molar-refractivity contribution is 5.89. The Bertz CT molecular complexity index is 757. The molecule has 0 amide bonds. The molecule has 9 nitrogen and oxygen atoms in total. The average molecular weight is 330 g/mol. The summed E-state index contributed by atoms with van der Waals surface area (Å²) in [6.07, 6.45) is -7.18. The maximum Gasteiger partial charge on any atom is 0.330 e. The summed E-state index contributed by atoms with van der Waals surface area (Å²) in [5.74, 6) is -1.92. The zero-order chi connectivity index (χ0) is 17.5. The maximum absolute atomic E-state index is 14.7. The van der Waals surface area contributed by atoms with E-state index in [9.17, 15) is 33.8 Å². The van der Waals surface area contributed by atoms with E-state index in [0.29, 0.717) is 4.57 Å². The Morgan fingerprint density at radius 1 is 1.43 bits per heavy atom. The molecular formula is C13H15FN2O7. The SMILES string of the molecule is CC(=O)C(O)[C@H]1O[C@@H](n2ccc(=O)[nH]c2=O)[C@H](F)[C@@]1(O)C(C)=O. The summed E-state index contributed by atoms with van der Waals surface area (Å²) in [4.78, 5) is 47.6. The monoisotopic (exact) mass is 330 g/mol. The summed E-state index contributed by atoms with van der Waals surface area (Å²) in [6, 6.07) is 0.916. The standard InChI is InChI=1S/C13H15FN2O7/c1-5(17)8(20)10-13(22,6(2)18)9(14)11(23-10)16-4-3-7(19)15-12(16)21/h3-4,8-11,20,22H,1-2H3,(H,15,19,21)/t8?,9-,10+,11+,13-/m0/s1. The molecule has 1 aromatic heterocycles. The van der Waals surface area contributed by atoms with Crippen molar-refractivity contribution in [3.63, 3.8) is 0 Å². The largest absolute Gasteiger partial charge is 0.382 e. The van der Waals surface area contributed by atoms with E-state index in [1.807, 2.05) is 4.98 Å². The van der Waals surface area contributed by atoms with Crippen LogP contribution in [0.5, 0.6) is 0 Å². The first-order valence-electron chi connectivity index (χ1n) is 6.63. The first-order chi connectivity index (χ1) is 10.6. The van der Waals surface area contributed by atoms with Crippen molar-refractivity contribution in [2.75, 3.05) is 0 Å². The summed E-state index contributed by atoms with van der Waals surface area (Å²) in [5.41, 5.74) is -4.58. The molecule has 1 unspecified atom stereocenters. The number of ketones is 2. The summed E-state index contributed by atoms with van der Waals surface area (Å²) in [6.45, 7) is 1.84. The minimum Gasteiger partial charge on any atom is -0.382 e. The molecule has 1 aliphatic rings. The molecule has 2 heterocycles. The maximum atomic E-state index is 14.7. The lowest BCUT2D eigenvalue weighted by Crippen LogP contribution is -2.57. The van der Waals surface area contributed by atoms with Crippen LogP contribution in [0.2, 0.25) is 0 Å². The minimum atomic E-state index is -2.81. The quantitative estimate of drug-likeness (QED) is 0.582. The molecular weight excluding hydrogens is 315 g/mol. The van der Waals surface area contributed by atoms with E-state index in [2.05, 4.69) is 0 Å². The molecule has 126 valence electrons. The van der Waals surface area contributed by atoms with Crippen molar-refractivity contribution in [2.24, 2.45) is 0 Å². The smallest absolute Gasteiger partial charge is 0.330 e. The third-order valence-electron chi connectivity index (χ3n) is 3.78. The molecule has 10 heteroatoms. The van der Waals surface area contributed by atoms with Gasteiger partial charge in [-0.25, -0.2) is 9.18 Å². The predicted octanol–water partition coefficient (Wildman–Crippen LogP) is -1.96. The Labute approximate surface area is 128 Å². The van der Waals surface area contributed by atoms with Gasteiger partial charge in [0.05, 0.1) is 0 Å². The lowest BCUT2D eigenvalue weighted by Gasteiger charge is -2.28. The van der Waals surface area contributed by atoms with Crippen LogP contribution in [0.25, 0.3) is 0 Å². The molecule has 0 radical (unpaired) electrons. The number of hydrogen-bond donors (Lipinski definition) is 3. The van der Waals surface area contributed by atoms with Gasteiger partial charge in [-0.15, -0.1) is 0 Å². The van der Waals surface area contributed by atoms with Gasteiger partial charge >= 0.3 is 5.69 Å². The molecule has 1 aromatic rings. The van der Waals surface area contributed by atoms with E-state index in [4.69, 9.17) is 4.74 Å². The molecule has 0 spiro atoms. The number of aromatic nitrogens is 2. The second-order valence-electron chi connectivity index (χ2n) is 5.30. The summed E-state index contributed by atoms with van der Waals surface area (Å²) in [5, 5.41) is 20.2. The molecule has 3 N–H and O–H groups in total. The number of aliphatic hydroxyl groups is 2. The molecule has 0 aliphatic carbocycles. The summed E-state index contributed by atoms with van der Waals surface area (Å²) >= 11 is 0. The van der Waals surface area contributed by atoms with Gasteiger partial charge in [0.2, 0.25) is 0 Å². The Morgan fingerprint density at radius 2 is 2.04 bits per heavy atom. The van der Waals surface area contributed by atoms with Gasteiger partial charge in [0.25, 0.3) is 5.56 Å². The minimum absolute atomic E-state index is 0.618. The lowest BCUT2D eigenvalue weighted by atomic mass is 9.85. The number of nitrogens with one attached hydrogen (secondary N) is 1. The third-order valence-corrected chi connectivity index (χ3v) is 3.78. The number of halogens is 1. The highest BCUT2D eigenvalue weighted by Crippen LogP contribution is 2.41. The van der Waals surface area contributed by atoms with Crippen molar-refractivity contribution in [1.82, 2.24) is 9.55 Å². The number of aliphatic hydroxyl groups excluding tert-OH is 1. The fraction of sp³-hybridized carbons (Fsp3) is 0.538.